The molecule has 6 nitrogen and oxygen atoms in total. The number of esters is 1. The van der Waals surface area contributed by atoms with Crippen molar-refractivity contribution >= 4 is 39.0 Å². The lowest BCUT2D eigenvalue weighted by atomic mass is 10.0. The number of ether oxygens (including phenoxy) is 1. The van der Waals surface area contributed by atoms with Gasteiger partial charge in [0.05, 0.1) is 10.9 Å². The number of aryl methyl sites for hydroxylation is 2. The average molecular weight is 475 g/mol. The Bertz CT molecular complexity index is 1280. The van der Waals surface area contributed by atoms with E-state index in [-0.39, 0.29) is 5.97 Å². The molecule has 0 unspecified atom stereocenters. The van der Waals surface area contributed by atoms with Crippen molar-refractivity contribution < 1.29 is 9.53 Å². The SMILES string of the molecule is CCN(CC)CCOC(=O)c1ccc(Nc2ncnc3scc(-c4ccc(C)c(C)c4)c23)cc1. The predicted octanol–water partition coefficient (Wildman–Crippen LogP) is 6.22. The van der Waals surface area contributed by atoms with Crippen molar-refractivity contribution in [3.8, 4) is 11.1 Å². The van der Waals surface area contributed by atoms with Crippen LogP contribution in [0.1, 0.15) is 35.3 Å². The number of nitrogens with one attached hydrogen (secondary N) is 1. The van der Waals surface area contributed by atoms with Crippen LogP contribution in [0.5, 0.6) is 0 Å². The van der Waals surface area contributed by atoms with Gasteiger partial charge in [-0.15, -0.1) is 11.3 Å². The first-order valence-electron chi connectivity index (χ1n) is 11.6. The summed E-state index contributed by atoms with van der Waals surface area (Å²) in [5, 5.41) is 6.53. The number of rotatable bonds is 9. The molecule has 0 saturated heterocycles. The summed E-state index contributed by atoms with van der Waals surface area (Å²) in [5.74, 6) is 0.437. The molecule has 34 heavy (non-hydrogen) atoms. The molecule has 176 valence electrons. The number of fused-ring (bicyclic) bond motifs is 1. The number of likely N-dealkylation sites (N-methyl/N-ethyl adjacent to an activating group) is 1. The maximum atomic E-state index is 12.4. The molecule has 0 fully saturated rings. The highest BCUT2D eigenvalue weighted by Gasteiger charge is 2.14. The number of benzene rings is 2. The van der Waals surface area contributed by atoms with Crippen LogP contribution in [0.2, 0.25) is 0 Å². The fourth-order valence-corrected chi connectivity index (χ4v) is 4.72. The van der Waals surface area contributed by atoms with Gasteiger partial charge in [0.15, 0.2) is 0 Å². The maximum absolute atomic E-state index is 12.4. The Morgan fingerprint density at radius 2 is 1.79 bits per heavy atom. The molecule has 0 aliphatic carbocycles. The molecular formula is C27H30N4O2S. The van der Waals surface area contributed by atoms with Crippen molar-refractivity contribution in [2.75, 3.05) is 31.6 Å². The van der Waals surface area contributed by atoms with Crippen molar-refractivity contribution in [2.24, 2.45) is 0 Å². The van der Waals surface area contributed by atoms with E-state index < -0.39 is 0 Å². The quantitative estimate of drug-likeness (QED) is 0.291. The van der Waals surface area contributed by atoms with Crippen LogP contribution in [-0.4, -0.2) is 47.1 Å². The van der Waals surface area contributed by atoms with Gasteiger partial charge in [-0.25, -0.2) is 14.8 Å². The van der Waals surface area contributed by atoms with Gasteiger partial charge in [0.25, 0.3) is 0 Å². The Kier molecular flexibility index (Phi) is 7.55. The summed E-state index contributed by atoms with van der Waals surface area (Å²) in [6.45, 7) is 11.5. The Balaban J connectivity index is 1.51. The smallest absolute Gasteiger partial charge is 0.338 e. The van der Waals surface area contributed by atoms with Crippen LogP contribution < -0.4 is 5.32 Å². The molecule has 0 aliphatic heterocycles. The van der Waals surface area contributed by atoms with Crippen LogP contribution in [0.3, 0.4) is 0 Å². The van der Waals surface area contributed by atoms with Crippen molar-refractivity contribution in [1.29, 1.82) is 0 Å². The third-order valence-electron chi connectivity index (χ3n) is 6.11. The third-order valence-corrected chi connectivity index (χ3v) is 6.99. The van der Waals surface area contributed by atoms with Gasteiger partial charge < -0.3 is 15.0 Å². The highest BCUT2D eigenvalue weighted by molar-refractivity contribution is 7.17. The van der Waals surface area contributed by atoms with E-state index in [4.69, 9.17) is 4.74 Å². The number of thiophene rings is 1. The summed E-state index contributed by atoms with van der Waals surface area (Å²) in [6.07, 6.45) is 1.58. The topological polar surface area (TPSA) is 67.3 Å². The Morgan fingerprint density at radius 1 is 1.03 bits per heavy atom. The molecule has 0 atom stereocenters. The Labute approximate surface area is 204 Å². The minimum Gasteiger partial charge on any atom is -0.461 e. The molecule has 4 rings (SSSR count). The van der Waals surface area contributed by atoms with Crippen LogP contribution in [-0.2, 0) is 4.74 Å². The molecule has 0 spiro atoms. The molecule has 0 amide bonds. The van der Waals surface area contributed by atoms with E-state index in [1.54, 1.807) is 29.8 Å². The molecule has 7 heteroatoms. The van der Waals surface area contributed by atoms with Gasteiger partial charge in [0.2, 0.25) is 0 Å². The number of hydrogen-bond acceptors (Lipinski definition) is 7. The summed E-state index contributed by atoms with van der Waals surface area (Å²) >= 11 is 1.61. The summed E-state index contributed by atoms with van der Waals surface area (Å²) in [7, 11) is 0. The maximum Gasteiger partial charge on any atom is 0.338 e. The van der Waals surface area contributed by atoms with Crippen LogP contribution in [0.4, 0.5) is 11.5 Å². The van der Waals surface area contributed by atoms with E-state index in [2.05, 4.69) is 71.5 Å². The number of hydrogen-bond donors (Lipinski definition) is 1. The summed E-state index contributed by atoms with van der Waals surface area (Å²) in [6, 6.07) is 13.8. The lowest BCUT2D eigenvalue weighted by Crippen LogP contribution is -2.27. The van der Waals surface area contributed by atoms with Gasteiger partial charge in [-0.05, 0) is 67.9 Å². The van der Waals surface area contributed by atoms with Gasteiger partial charge >= 0.3 is 5.97 Å². The molecule has 0 aliphatic rings. The van der Waals surface area contributed by atoms with E-state index in [1.165, 1.54) is 11.1 Å². The molecule has 1 N–H and O–H groups in total. The fraction of sp³-hybridized carbons (Fsp3) is 0.296. The molecule has 0 bridgehead atoms. The Morgan fingerprint density at radius 3 is 2.50 bits per heavy atom. The second-order valence-corrected chi connectivity index (χ2v) is 9.07. The summed E-state index contributed by atoms with van der Waals surface area (Å²) in [5.41, 5.74) is 6.16. The minimum atomic E-state index is -0.307. The average Bonchev–Trinajstić information content (AvgIpc) is 3.29. The first kappa shape index (κ1) is 23.9. The van der Waals surface area contributed by atoms with Crippen LogP contribution in [0.25, 0.3) is 21.3 Å². The van der Waals surface area contributed by atoms with Gasteiger partial charge in [-0.3, -0.25) is 0 Å². The van der Waals surface area contributed by atoms with Crippen molar-refractivity contribution in [3.63, 3.8) is 0 Å². The molecular weight excluding hydrogens is 444 g/mol. The highest BCUT2D eigenvalue weighted by atomic mass is 32.1. The molecule has 0 radical (unpaired) electrons. The zero-order valence-corrected chi connectivity index (χ0v) is 20.9. The lowest BCUT2D eigenvalue weighted by molar-refractivity contribution is 0.0466. The minimum absolute atomic E-state index is 0.307. The zero-order chi connectivity index (χ0) is 24.1. The lowest BCUT2D eigenvalue weighted by Gasteiger charge is -2.17. The highest BCUT2D eigenvalue weighted by Crippen LogP contribution is 2.38. The van der Waals surface area contributed by atoms with Crippen LogP contribution in [0.15, 0.2) is 54.2 Å². The number of aromatic nitrogens is 2. The third kappa shape index (κ3) is 5.26. The van der Waals surface area contributed by atoms with Crippen LogP contribution >= 0.6 is 11.3 Å². The number of anilines is 2. The first-order chi connectivity index (χ1) is 16.5. The first-order valence-corrected chi connectivity index (χ1v) is 12.4. The molecule has 4 aromatic rings. The number of nitrogens with zero attached hydrogens (tertiary/aromatic N) is 3. The van der Waals surface area contributed by atoms with Crippen molar-refractivity contribution in [2.45, 2.75) is 27.7 Å². The molecule has 0 saturated carbocycles. The summed E-state index contributed by atoms with van der Waals surface area (Å²) < 4.78 is 5.43. The molecule has 2 aromatic heterocycles. The fourth-order valence-electron chi connectivity index (χ4n) is 3.81. The molecule has 2 heterocycles. The zero-order valence-electron chi connectivity index (χ0n) is 20.1. The second-order valence-electron chi connectivity index (χ2n) is 8.22. The predicted molar refractivity (Wildman–Crippen MR) is 140 cm³/mol. The van der Waals surface area contributed by atoms with E-state index >= 15 is 0 Å². The van der Waals surface area contributed by atoms with Gasteiger partial charge in [0, 0.05) is 23.2 Å². The van der Waals surface area contributed by atoms with E-state index in [1.807, 2.05) is 12.1 Å². The number of carbonyl (C=O) groups is 1. The Hall–Kier alpha value is -3.29. The molecule has 2 aromatic carbocycles. The van der Waals surface area contributed by atoms with Crippen LogP contribution in [0, 0.1) is 13.8 Å². The van der Waals surface area contributed by atoms with E-state index in [0.29, 0.717) is 12.2 Å². The van der Waals surface area contributed by atoms with Gasteiger partial charge in [-0.1, -0.05) is 32.0 Å². The monoisotopic (exact) mass is 474 g/mol. The summed E-state index contributed by atoms with van der Waals surface area (Å²) in [4.78, 5) is 24.5. The van der Waals surface area contributed by atoms with Crippen molar-refractivity contribution in [1.82, 2.24) is 14.9 Å². The van der Waals surface area contributed by atoms with E-state index in [9.17, 15) is 4.79 Å². The van der Waals surface area contributed by atoms with Gasteiger partial charge in [-0.2, -0.15) is 0 Å². The standard InChI is InChI=1S/C27H30N4O2S/c1-5-31(6-2)13-14-33-27(32)20-9-11-22(12-10-20)30-25-24-23(16-34-26(24)29-17-28-25)21-8-7-18(3)19(4)15-21/h7-12,15-17H,5-6,13-14H2,1-4H3,(H,28,29,30). The normalized spacial score (nSPS) is 11.2. The number of carbonyl (C=O) groups excluding carboxylic acids is 1. The van der Waals surface area contributed by atoms with E-state index in [0.717, 1.165) is 52.5 Å². The largest absolute Gasteiger partial charge is 0.461 e. The second kappa shape index (κ2) is 10.8. The van der Waals surface area contributed by atoms with Gasteiger partial charge in [0.1, 0.15) is 23.6 Å². The van der Waals surface area contributed by atoms with Crippen molar-refractivity contribution in [3.05, 3.63) is 70.9 Å².